The normalized spacial score (nSPS) is 18.9. The lowest BCUT2D eigenvalue weighted by Gasteiger charge is -2.21. The fourth-order valence-corrected chi connectivity index (χ4v) is 1.74. The number of benzene rings is 1. The lowest BCUT2D eigenvalue weighted by atomic mass is 10.1. The van der Waals surface area contributed by atoms with E-state index in [-0.39, 0.29) is 12.8 Å². The first-order chi connectivity index (χ1) is 8.97. The second-order valence-corrected chi connectivity index (χ2v) is 4.10. The number of hydrogen-bond acceptors (Lipinski definition) is 3. The molecule has 1 atom stereocenters. The SMILES string of the molecule is O=C1CCC(NC(=O)c2cc(F)ccc2F)C(=O)N1. The van der Waals surface area contributed by atoms with Crippen LogP contribution in [0.3, 0.4) is 0 Å². The molecule has 0 radical (unpaired) electrons. The van der Waals surface area contributed by atoms with Crippen molar-refractivity contribution in [3.8, 4) is 0 Å². The maximum absolute atomic E-state index is 13.4. The molecule has 0 aromatic heterocycles. The molecule has 3 amide bonds. The molecular weight excluding hydrogens is 258 g/mol. The van der Waals surface area contributed by atoms with Gasteiger partial charge in [0.05, 0.1) is 5.56 Å². The van der Waals surface area contributed by atoms with Crippen LogP contribution in [0.5, 0.6) is 0 Å². The van der Waals surface area contributed by atoms with Crippen molar-refractivity contribution in [3.63, 3.8) is 0 Å². The van der Waals surface area contributed by atoms with Gasteiger partial charge in [-0.1, -0.05) is 0 Å². The molecule has 5 nitrogen and oxygen atoms in total. The standard InChI is InChI=1S/C12H10F2N2O3/c13-6-1-2-8(14)7(5-6)11(18)15-9-3-4-10(17)16-12(9)19/h1-2,5,9H,3-4H2,(H,15,18)(H,16,17,19). The van der Waals surface area contributed by atoms with Crippen LogP contribution >= 0.6 is 0 Å². The van der Waals surface area contributed by atoms with E-state index >= 15 is 0 Å². The molecule has 0 spiro atoms. The minimum absolute atomic E-state index is 0.0856. The minimum atomic E-state index is -0.923. The van der Waals surface area contributed by atoms with E-state index in [4.69, 9.17) is 0 Å². The molecule has 2 N–H and O–H groups in total. The average molecular weight is 268 g/mol. The molecule has 1 heterocycles. The van der Waals surface area contributed by atoms with Gasteiger partial charge in [-0.2, -0.15) is 0 Å². The van der Waals surface area contributed by atoms with Crippen LogP contribution in [0.15, 0.2) is 18.2 Å². The Labute approximate surface area is 107 Å². The Hall–Kier alpha value is -2.31. The van der Waals surface area contributed by atoms with E-state index in [2.05, 4.69) is 10.6 Å². The Morgan fingerprint density at radius 1 is 1.32 bits per heavy atom. The molecule has 19 heavy (non-hydrogen) atoms. The van der Waals surface area contributed by atoms with Gasteiger partial charge in [0, 0.05) is 6.42 Å². The van der Waals surface area contributed by atoms with Crippen molar-refractivity contribution in [1.82, 2.24) is 10.6 Å². The van der Waals surface area contributed by atoms with E-state index in [9.17, 15) is 23.2 Å². The summed E-state index contributed by atoms with van der Waals surface area (Å²) in [6.07, 6.45) is 0.218. The van der Waals surface area contributed by atoms with Crippen molar-refractivity contribution >= 4 is 17.7 Å². The number of amides is 3. The van der Waals surface area contributed by atoms with Crippen LogP contribution < -0.4 is 10.6 Å². The second-order valence-electron chi connectivity index (χ2n) is 4.10. The maximum Gasteiger partial charge on any atom is 0.255 e. The van der Waals surface area contributed by atoms with Gasteiger partial charge in [0.15, 0.2) is 0 Å². The van der Waals surface area contributed by atoms with Crippen LogP contribution in [0.25, 0.3) is 0 Å². The van der Waals surface area contributed by atoms with E-state index in [1.807, 2.05) is 0 Å². The van der Waals surface area contributed by atoms with Crippen LogP contribution in [0, 0.1) is 11.6 Å². The summed E-state index contributed by atoms with van der Waals surface area (Å²) in [5, 5.41) is 4.32. The lowest BCUT2D eigenvalue weighted by Crippen LogP contribution is -2.52. The fourth-order valence-electron chi connectivity index (χ4n) is 1.74. The predicted octanol–water partition coefficient (Wildman–Crippen LogP) is 0.500. The number of carbonyl (C=O) groups is 3. The Morgan fingerprint density at radius 2 is 2.05 bits per heavy atom. The van der Waals surface area contributed by atoms with Crippen molar-refractivity contribution in [2.45, 2.75) is 18.9 Å². The van der Waals surface area contributed by atoms with Crippen molar-refractivity contribution in [3.05, 3.63) is 35.4 Å². The highest BCUT2D eigenvalue weighted by Gasteiger charge is 2.28. The molecule has 0 bridgehead atoms. The second kappa shape index (κ2) is 5.13. The number of hydrogen-bond donors (Lipinski definition) is 2. The number of piperidine rings is 1. The highest BCUT2D eigenvalue weighted by molar-refractivity contribution is 6.03. The van der Waals surface area contributed by atoms with Gasteiger partial charge in [-0.3, -0.25) is 19.7 Å². The van der Waals surface area contributed by atoms with Gasteiger partial charge in [0.1, 0.15) is 17.7 Å². The first-order valence-electron chi connectivity index (χ1n) is 5.57. The van der Waals surface area contributed by atoms with Crippen molar-refractivity contribution in [2.75, 3.05) is 0 Å². The van der Waals surface area contributed by atoms with E-state index in [1.54, 1.807) is 0 Å². The molecular formula is C12H10F2N2O3. The molecule has 1 aliphatic heterocycles. The van der Waals surface area contributed by atoms with Gasteiger partial charge in [0.25, 0.3) is 5.91 Å². The summed E-state index contributed by atoms with van der Waals surface area (Å²) in [5.74, 6) is -3.61. The molecule has 1 aliphatic rings. The third-order valence-corrected chi connectivity index (χ3v) is 2.72. The topological polar surface area (TPSA) is 75.3 Å². The molecule has 2 rings (SSSR count). The monoisotopic (exact) mass is 268 g/mol. The fraction of sp³-hybridized carbons (Fsp3) is 0.250. The van der Waals surface area contributed by atoms with Crippen molar-refractivity contribution in [2.24, 2.45) is 0 Å². The Morgan fingerprint density at radius 3 is 2.74 bits per heavy atom. The maximum atomic E-state index is 13.4. The van der Waals surface area contributed by atoms with Crippen LogP contribution in [0.1, 0.15) is 23.2 Å². The van der Waals surface area contributed by atoms with Gasteiger partial charge in [-0.15, -0.1) is 0 Å². The zero-order valence-electron chi connectivity index (χ0n) is 9.70. The quantitative estimate of drug-likeness (QED) is 0.767. The smallest absolute Gasteiger partial charge is 0.255 e. The zero-order chi connectivity index (χ0) is 14.0. The van der Waals surface area contributed by atoms with E-state index in [1.165, 1.54) is 0 Å². The largest absolute Gasteiger partial charge is 0.340 e. The molecule has 1 fully saturated rings. The van der Waals surface area contributed by atoms with Gasteiger partial charge in [-0.05, 0) is 24.6 Å². The summed E-state index contributed by atoms with van der Waals surface area (Å²) in [5.41, 5.74) is -0.482. The number of nitrogens with one attached hydrogen (secondary N) is 2. The van der Waals surface area contributed by atoms with E-state index in [0.29, 0.717) is 0 Å². The highest BCUT2D eigenvalue weighted by atomic mass is 19.1. The summed E-state index contributed by atoms with van der Waals surface area (Å²) < 4.78 is 26.3. The van der Waals surface area contributed by atoms with Crippen LogP contribution in [0.2, 0.25) is 0 Å². The summed E-state index contributed by atoms with van der Waals surface area (Å²) >= 11 is 0. The molecule has 100 valence electrons. The average Bonchev–Trinajstić information content (AvgIpc) is 2.35. The Kier molecular flexibility index (Phi) is 3.55. The number of halogens is 2. The third kappa shape index (κ3) is 2.93. The molecule has 0 saturated carbocycles. The van der Waals surface area contributed by atoms with Crippen molar-refractivity contribution in [1.29, 1.82) is 0 Å². The summed E-state index contributed by atoms with van der Waals surface area (Å²) in [6.45, 7) is 0. The zero-order valence-corrected chi connectivity index (χ0v) is 9.70. The number of carbonyl (C=O) groups excluding carboxylic acids is 3. The first kappa shape index (κ1) is 13.1. The number of imide groups is 1. The highest BCUT2D eigenvalue weighted by Crippen LogP contribution is 2.11. The molecule has 7 heteroatoms. The van der Waals surface area contributed by atoms with Crippen LogP contribution in [-0.2, 0) is 9.59 Å². The Balaban J connectivity index is 2.11. The molecule has 0 aliphatic carbocycles. The predicted molar refractivity (Wildman–Crippen MR) is 60.0 cm³/mol. The van der Waals surface area contributed by atoms with Gasteiger partial charge in [0.2, 0.25) is 11.8 Å². The summed E-state index contributed by atoms with van der Waals surface area (Å²) in [4.78, 5) is 34.1. The summed E-state index contributed by atoms with van der Waals surface area (Å²) in [7, 11) is 0. The summed E-state index contributed by atoms with van der Waals surface area (Å²) in [6, 6.07) is 1.54. The van der Waals surface area contributed by atoms with Gasteiger partial charge >= 0.3 is 0 Å². The molecule has 1 aromatic carbocycles. The van der Waals surface area contributed by atoms with Crippen LogP contribution in [0.4, 0.5) is 8.78 Å². The number of rotatable bonds is 2. The first-order valence-corrected chi connectivity index (χ1v) is 5.57. The van der Waals surface area contributed by atoms with Gasteiger partial charge < -0.3 is 5.32 Å². The lowest BCUT2D eigenvalue weighted by molar-refractivity contribution is -0.134. The Bertz CT molecular complexity index is 560. The third-order valence-electron chi connectivity index (χ3n) is 2.72. The minimum Gasteiger partial charge on any atom is -0.340 e. The molecule has 1 saturated heterocycles. The van der Waals surface area contributed by atoms with E-state index < -0.39 is 41.0 Å². The van der Waals surface area contributed by atoms with E-state index in [0.717, 1.165) is 18.2 Å². The molecule has 1 aromatic rings. The van der Waals surface area contributed by atoms with Crippen molar-refractivity contribution < 1.29 is 23.2 Å². The molecule has 1 unspecified atom stereocenters. The van der Waals surface area contributed by atoms with Gasteiger partial charge in [-0.25, -0.2) is 8.78 Å². The van der Waals surface area contributed by atoms with Crippen LogP contribution in [-0.4, -0.2) is 23.8 Å².